The third kappa shape index (κ3) is 3.93. The van der Waals surface area contributed by atoms with Crippen LogP contribution in [0.25, 0.3) is 0 Å². The van der Waals surface area contributed by atoms with Gasteiger partial charge in [-0.15, -0.1) is 10.2 Å². The molecule has 4 rings (SSSR count). The molecule has 2 aliphatic rings. The molecule has 1 saturated heterocycles. The second kappa shape index (κ2) is 7.78. The number of carbonyl (C=O) groups excluding carboxylic acids is 1. The fraction of sp³-hybridized carbons (Fsp3) is 0.647. The highest BCUT2D eigenvalue weighted by Crippen LogP contribution is 2.33. The van der Waals surface area contributed by atoms with Gasteiger partial charge in [-0.25, -0.2) is 4.79 Å². The van der Waals surface area contributed by atoms with Gasteiger partial charge in [0.25, 0.3) is 5.56 Å². The average Bonchev–Trinajstić information content (AvgIpc) is 3.33. The minimum Gasteiger partial charge on any atom is -0.453 e. The van der Waals surface area contributed by atoms with Crippen LogP contribution in [-0.2, 0) is 24.0 Å². The number of nitrogens with zero attached hydrogens (tertiary/aromatic N) is 5. The fourth-order valence-electron chi connectivity index (χ4n) is 4.21. The lowest BCUT2D eigenvalue weighted by Crippen LogP contribution is -2.52. The minimum atomic E-state index is -4.55. The molecule has 2 aromatic heterocycles. The molecule has 2 aromatic rings. The number of fused-ring (bicyclic) bond motifs is 1. The average molecular weight is 430 g/mol. The maximum atomic E-state index is 13.0. The number of rotatable bonds is 3. The summed E-state index contributed by atoms with van der Waals surface area (Å²) < 4.78 is 50.3. The van der Waals surface area contributed by atoms with E-state index in [0.29, 0.717) is 38.2 Å². The van der Waals surface area contributed by atoms with E-state index in [4.69, 9.17) is 9.26 Å². The Morgan fingerprint density at radius 3 is 2.80 bits per heavy atom. The van der Waals surface area contributed by atoms with Gasteiger partial charge in [0.1, 0.15) is 11.6 Å². The van der Waals surface area contributed by atoms with Gasteiger partial charge >= 0.3 is 12.3 Å². The number of aromatic nitrogens is 4. The van der Waals surface area contributed by atoms with Crippen LogP contribution >= 0.6 is 0 Å². The summed E-state index contributed by atoms with van der Waals surface area (Å²) in [5.41, 5.74) is -0.326. The highest BCUT2D eigenvalue weighted by molar-refractivity contribution is 5.68. The summed E-state index contributed by atoms with van der Waals surface area (Å²) >= 11 is 0. The molecule has 2 aliphatic heterocycles. The predicted octanol–water partition coefficient (Wildman–Crippen LogP) is 1.41. The smallest absolute Gasteiger partial charge is 0.451 e. The number of carbonyl (C=O) groups is 1. The zero-order valence-electron chi connectivity index (χ0n) is 16.2. The Morgan fingerprint density at radius 2 is 2.13 bits per heavy atom. The molecule has 4 heterocycles. The van der Waals surface area contributed by atoms with E-state index in [1.54, 1.807) is 4.90 Å². The lowest BCUT2D eigenvalue weighted by molar-refractivity contribution is -0.148. The molecule has 1 amide bonds. The van der Waals surface area contributed by atoms with Crippen molar-refractivity contribution in [2.75, 3.05) is 26.7 Å². The van der Waals surface area contributed by atoms with E-state index >= 15 is 0 Å². The maximum Gasteiger partial charge on any atom is 0.451 e. The van der Waals surface area contributed by atoms with Crippen LogP contribution in [0.5, 0.6) is 0 Å². The molecule has 1 fully saturated rings. The minimum absolute atomic E-state index is 0.0554. The molecule has 13 heteroatoms. The first-order valence-electron chi connectivity index (χ1n) is 9.51. The third-order valence-electron chi connectivity index (χ3n) is 5.62. The largest absolute Gasteiger partial charge is 0.453 e. The van der Waals surface area contributed by atoms with Crippen LogP contribution < -0.4 is 5.56 Å². The monoisotopic (exact) mass is 430 g/mol. The molecule has 0 aliphatic carbocycles. The fourth-order valence-corrected chi connectivity index (χ4v) is 4.21. The number of piperidine rings is 1. The number of ether oxygens (including phenoxy) is 1. The summed E-state index contributed by atoms with van der Waals surface area (Å²) in [6, 6.07) is 1.14. The van der Waals surface area contributed by atoms with E-state index in [2.05, 4.69) is 15.4 Å². The molecule has 10 nitrogen and oxygen atoms in total. The van der Waals surface area contributed by atoms with Gasteiger partial charge in [-0.1, -0.05) is 0 Å². The second-order valence-electron chi connectivity index (χ2n) is 7.48. The van der Waals surface area contributed by atoms with Crippen molar-refractivity contribution in [1.29, 1.82) is 0 Å². The van der Waals surface area contributed by atoms with E-state index in [-0.39, 0.29) is 36.4 Å². The normalized spacial score (nSPS) is 22.7. The lowest BCUT2D eigenvalue weighted by atomic mass is 9.88. The van der Waals surface area contributed by atoms with E-state index in [9.17, 15) is 22.8 Å². The Hall–Kier alpha value is -2.83. The first kappa shape index (κ1) is 20.4. The van der Waals surface area contributed by atoms with Crippen molar-refractivity contribution < 1.29 is 27.2 Å². The van der Waals surface area contributed by atoms with E-state index in [1.165, 1.54) is 13.2 Å². The molecule has 30 heavy (non-hydrogen) atoms. The first-order chi connectivity index (χ1) is 14.3. The number of hydrogen-bond acceptors (Lipinski definition) is 7. The molecule has 0 bridgehead atoms. The van der Waals surface area contributed by atoms with Gasteiger partial charge in [0.15, 0.2) is 0 Å². The quantitative estimate of drug-likeness (QED) is 0.784. The first-order valence-corrected chi connectivity index (χ1v) is 9.51. The molecule has 0 aromatic carbocycles. The summed E-state index contributed by atoms with van der Waals surface area (Å²) in [4.78, 5) is 27.2. The summed E-state index contributed by atoms with van der Waals surface area (Å²) in [7, 11) is 1.30. The van der Waals surface area contributed by atoms with Crippen molar-refractivity contribution in [3.05, 3.63) is 33.8 Å². The maximum absolute atomic E-state index is 13.0. The van der Waals surface area contributed by atoms with Gasteiger partial charge in [0.2, 0.25) is 5.82 Å². The number of nitrogens with one attached hydrogen (secondary N) is 1. The standard InChI is InChI=1S/C17H21F3N6O4/c1-29-16(28)25-3-2-10(12-7-14(27)23-30-12)6-11(25)8-24-4-5-26-13(9-24)21-22-15(26)17(18,19)20/h7,10-11H,2-6,8-9H2,1H3,(H,23,27)/t10-,11+/m0/s1. The topological polar surface area (TPSA) is 109 Å². The van der Waals surface area contributed by atoms with E-state index < -0.39 is 18.1 Å². The molecule has 1 N–H and O–H groups in total. The van der Waals surface area contributed by atoms with Crippen LogP contribution in [0.15, 0.2) is 15.4 Å². The highest BCUT2D eigenvalue weighted by Gasteiger charge is 2.40. The zero-order chi connectivity index (χ0) is 21.5. The molecule has 2 atom stereocenters. The van der Waals surface area contributed by atoms with Gasteiger partial charge in [-0.2, -0.15) is 18.3 Å². The van der Waals surface area contributed by atoms with Gasteiger partial charge < -0.3 is 18.7 Å². The number of methoxy groups -OCH3 is 1. The molecule has 0 unspecified atom stereocenters. The number of amides is 1. The Kier molecular flexibility index (Phi) is 5.30. The van der Waals surface area contributed by atoms with Crippen molar-refractivity contribution in [3.8, 4) is 0 Å². The van der Waals surface area contributed by atoms with Crippen LogP contribution in [0.4, 0.5) is 18.0 Å². The number of likely N-dealkylation sites (tertiary alicyclic amines) is 1. The molecule has 164 valence electrons. The van der Waals surface area contributed by atoms with Crippen molar-refractivity contribution in [1.82, 2.24) is 29.7 Å². The van der Waals surface area contributed by atoms with Gasteiger partial charge in [0.05, 0.1) is 13.7 Å². The van der Waals surface area contributed by atoms with Crippen LogP contribution in [0.2, 0.25) is 0 Å². The third-order valence-corrected chi connectivity index (χ3v) is 5.62. The Bertz CT molecular complexity index is 967. The Balaban J connectivity index is 1.49. The number of alkyl halides is 3. The van der Waals surface area contributed by atoms with E-state index in [0.717, 1.165) is 4.57 Å². The molecule has 0 saturated carbocycles. The highest BCUT2D eigenvalue weighted by atomic mass is 19.4. The van der Waals surface area contributed by atoms with Crippen molar-refractivity contribution in [3.63, 3.8) is 0 Å². The van der Waals surface area contributed by atoms with Gasteiger partial charge in [0, 0.05) is 44.2 Å². The van der Waals surface area contributed by atoms with Crippen molar-refractivity contribution in [2.45, 2.75) is 44.1 Å². The SMILES string of the molecule is COC(=O)N1CC[C@H](c2cc(=O)[nH]o2)C[C@@H]1CN1CCn2c(nnc2C(F)(F)F)C1. The molecule has 0 spiro atoms. The van der Waals surface area contributed by atoms with Gasteiger partial charge in [-0.05, 0) is 12.8 Å². The summed E-state index contributed by atoms with van der Waals surface area (Å²) in [5, 5.41) is 9.26. The number of H-pyrrole nitrogens is 1. The van der Waals surface area contributed by atoms with Crippen LogP contribution in [0.3, 0.4) is 0 Å². The van der Waals surface area contributed by atoms with Crippen LogP contribution in [-0.4, -0.2) is 68.6 Å². The van der Waals surface area contributed by atoms with Crippen LogP contribution in [0, 0.1) is 0 Å². The van der Waals surface area contributed by atoms with E-state index in [1.807, 2.05) is 4.90 Å². The lowest BCUT2D eigenvalue weighted by Gasteiger charge is -2.41. The summed E-state index contributed by atoms with van der Waals surface area (Å²) in [6.45, 7) is 1.51. The summed E-state index contributed by atoms with van der Waals surface area (Å²) in [6.07, 6.45) is -3.87. The number of hydrogen-bond donors (Lipinski definition) is 1. The van der Waals surface area contributed by atoms with Crippen molar-refractivity contribution in [2.24, 2.45) is 0 Å². The number of aromatic amines is 1. The molecule has 0 radical (unpaired) electrons. The Morgan fingerprint density at radius 1 is 1.33 bits per heavy atom. The van der Waals surface area contributed by atoms with Crippen molar-refractivity contribution >= 4 is 6.09 Å². The zero-order valence-corrected chi connectivity index (χ0v) is 16.2. The predicted molar refractivity (Wildman–Crippen MR) is 94.5 cm³/mol. The number of halogens is 3. The molecular formula is C17H21F3N6O4. The summed E-state index contributed by atoms with van der Waals surface area (Å²) in [5.74, 6) is -0.279. The van der Waals surface area contributed by atoms with Gasteiger partial charge in [-0.3, -0.25) is 9.69 Å². The van der Waals surface area contributed by atoms with Crippen LogP contribution in [0.1, 0.15) is 36.2 Å². The second-order valence-corrected chi connectivity index (χ2v) is 7.48. The Labute approximate surface area is 168 Å². The molecular weight excluding hydrogens is 409 g/mol.